The van der Waals surface area contributed by atoms with E-state index >= 15 is 0 Å². The smallest absolute Gasteiger partial charge is 0.239 e. The third-order valence-electron chi connectivity index (χ3n) is 2.67. The summed E-state index contributed by atoms with van der Waals surface area (Å²) >= 11 is 3.37. The van der Waals surface area contributed by atoms with Crippen molar-refractivity contribution in [1.29, 1.82) is 0 Å². The minimum absolute atomic E-state index is 0.0485. The van der Waals surface area contributed by atoms with Gasteiger partial charge in [0.25, 0.3) is 0 Å². The van der Waals surface area contributed by atoms with Crippen LogP contribution in [0.1, 0.15) is 25.3 Å². The first-order chi connectivity index (χ1) is 9.34. The highest BCUT2D eigenvalue weighted by atomic mass is 79.9. The van der Waals surface area contributed by atoms with Gasteiger partial charge in [-0.2, -0.15) is 0 Å². The Morgan fingerprint density at radius 1 is 1.35 bits per heavy atom. The number of unbranched alkanes of at least 4 members (excludes halogenated alkanes) is 1. The second-order valence-corrected chi connectivity index (χ2v) is 7.29. The van der Waals surface area contributed by atoms with Crippen LogP contribution in [0.4, 0.5) is 5.69 Å². The fourth-order valence-corrected chi connectivity index (χ4v) is 3.00. The monoisotopic (exact) mass is 362 g/mol. The number of halogens is 1. The molecule has 1 aromatic carbocycles. The molecule has 0 atom stereocenters. The normalized spacial score (nSPS) is 11.3. The number of hydrogen-bond acceptors (Lipinski definition) is 3. The van der Waals surface area contributed by atoms with Crippen molar-refractivity contribution in [2.24, 2.45) is 0 Å². The molecule has 1 aromatic rings. The quantitative estimate of drug-likeness (QED) is 0.781. The maximum Gasteiger partial charge on any atom is 0.239 e. The number of hydrogen-bond donors (Lipinski definition) is 2. The maximum absolute atomic E-state index is 11.7. The Balaban J connectivity index is 2.49. The topological polar surface area (TPSA) is 75.3 Å². The number of rotatable bonds is 7. The highest BCUT2D eigenvalue weighted by Gasteiger charge is 2.11. The van der Waals surface area contributed by atoms with Gasteiger partial charge in [0.05, 0.1) is 12.3 Å². The molecule has 7 heteroatoms. The van der Waals surface area contributed by atoms with Crippen LogP contribution < -0.4 is 10.0 Å². The lowest BCUT2D eigenvalue weighted by molar-refractivity contribution is -0.115. The highest BCUT2D eigenvalue weighted by molar-refractivity contribution is 9.10. The number of amides is 1. The van der Waals surface area contributed by atoms with Crippen LogP contribution in [0, 0.1) is 6.92 Å². The van der Waals surface area contributed by atoms with E-state index < -0.39 is 10.0 Å². The average molecular weight is 363 g/mol. The van der Waals surface area contributed by atoms with Gasteiger partial charge in [0.2, 0.25) is 15.9 Å². The summed E-state index contributed by atoms with van der Waals surface area (Å²) in [7, 11) is -3.37. The van der Waals surface area contributed by atoms with Gasteiger partial charge in [-0.05, 0) is 31.0 Å². The number of sulfonamides is 1. The van der Waals surface area contributed by atoms with E-state index in [1.165, 1.54) is 0 Å². The number of carbonyl (C=O) groups is 1. The number of benzene rings is 1. The fraction of sp³-hybridized carbons (Fsp3) is 0.462. The summed E-state index contributed by atoms with van der Waals surface area (Å²) in [6, 6.07) is 5.41. The number of carbonyl (C=O) groups excluding carboxylic acids is 1. The molecule has 0 aromatic heterocycles. The Hall–Kier alpha value is -0.920. The molecular weight excluding hydrogens is 344 g/mol. The Kier molecular flexibility index (Phi) is 6.64. The average Bonchev–Trinajstić information content (AvgIpc) is 2.39. The molecule has 1 amide bonds. The van der Waals surface area contributed by atoms with E-state index in [1.54, 1.807) is 12.1 Å². The predicted molar refractivity (Wildman–Crippen MR) is 84.2 cm³/mol. The first-order valence-corrected chi connectivity index (χ1v) is 8.82. The van der Waals surface area contributed by atoms with Crippen molar-refractivity contribution >= 4 is 37.5 Å². The molecule has 0 saturated heterocycles. The van der Waals surface area contributed by atoms with E-state index in [2.05, 4.69) is 26.0 Å². The third kappa shape index (κ3) is 6.02. The molecule has 5 nitrogen and oxygen atoms in total. The Morgan fingerprint density at radius 2 is 2.05 bits per heavy atom. The molecule has 20 heavy (non-hydrogen) atoms. The van der Waals surface area contributed by atoms with Crippen molar-refractivity contribution in [3.63, 3.8) is 0 Å². The van der Waals surface area contributed by atoms with E-state index in [1.807, 2.05) is 19.9 Å². The van der Waals surface area contributed by atoms with Gasteiger partial charge in [0, 0.05) is 10.2 Å². The first-order valence-electron chi connectivity index (χ1n) is 6.37. The first kappa shape index (κ1) is 17.1. The summed E-state index contributed by atoms with van der Waals surface area (Å²) < 4.78 is 26.3. The van der Waals surface area contributed by atoms with Crippen molar-refractivity contribution in [2.45, 2.75) is 26.7 Å². The molecular formula is C13H19BrN2O3S. The second kappa shape index (κ2) is 7.75. The zero-order chi connectivity index (χ0) is 15.2. The van der Waals surface area contributed by atoms with Gasteiger partial charge < -0.3 is 5.32 Å². The second-order valence-electron chi connectivity index (χ2n) is 4.51. The molecule has 0 radical (unpaired) electrons. The predicted octanol–water partition coefficient (Wildman–Crippen LogP) is 2.42. The van der Waals surface area contributed by atoms with Crippen molar-refractivity contribution < 1.29 is 13.2 Å². The van der Waals surface area contributed by atoms with Gasteiger partial charge in [-0.15, -0.1) is 0 Å². The summed E-state index contributed by atoms with van der Waals surface area (Å²) in [5.41, 5.74) is 1.68. The molecule has 0 aliphatic rings. The lowest BCUT2D eigenvalue weighted by Crippen LogP contribution is -2.34. The van der Waals surface area contributed by atoms with Gasteiger partial charge >= 0.3 is 0 Å². The van der Waals surface area contributed by atoms with Gasteiger partial charge in [0.15, 0.2) is 0 Å². The van der Waals surface area contributed by atoms with Crippen molar-refractivity contribution in [1.82, 2.24) is 4.72 Å². The van der Waals surface area contributed by atoms with Crippen LogP contribution in [-0.4, -0.2) is 26.6 Å². The summed E-state index contributed by atoms with van der Waals surface area (Å²) in [5.74, 6) is -0.340. The zero-order valence-corrected chi connectivity index (χ0v) is 14.0. The fourth-order valence-electron chi connectivity index (χ4n) is 1.46. The summed E-state index contributed by atoms with van der Waals surface area (Å²) in [6.45, 7) is 3.60. The van der Waals surface area contributed by atoms with Gasteiger partial charge in [-0.3, -0.25) is 4.79 Å². The molecule has 0 fully saturated rings. The van der Waals surface area contributed by atoms with Gasteiger partial charge in [0.1, 0.15) is 0 Å². The van der Waals surface area contributed by atoms with E-state index in [4.69, 9.17) is 0 Å². The molecule has 2 N–H and O–H groups in total. The Bertz CT molecular complexity index is 573. The van der Waals surface area contributed by atoms with Crippen LogP contribution >= 0.6 is 15.9 Å². The summed E-state index contributed by atoms with van der Waals surface area (Å²) in [5, 5.41) is 2.64. The van der Waals surface area contributed by atoms with E-state index in [9.17, 15) is 13.2 Å². The van der Waals surface area contributed by atoms with Crippen molar-refractivity contribution in [3.05, 3.63) is 28.2 Å². The molecule has 0 unspecified atom stereocenters. The molecule has 0 bridgehead atoms. The number of anilines is 1. The highest BCUT2D eigenvalue weighted by Crippen LogP contribution is 2.20. The maximum atomic E-state index is 11.7. The molecule has 0 spiro atoms. The molecule has 0 aliphatic carbocycles. The minimum atomic E-state index is -3.37. The lowest BCUT2D eigenvalue weighted by atomic mass is 10.2. The van der Waals surface area contributed by atoms with Gasteiger partial charge in [-0.1, -0.05) is 35.3 Å². The molecule has 0 aliphatic heterocycles. The number of aryl methyl sites for hydroxylation is 1. The molecule has 1 rings (SSSR count). The largest absolute Gasteiger partial charge is 0.325 e. The molecule has 0 heterocycles. The lowest BCUT2D eigenvalue weighted by Gasteiger charge is -2.08. The molecule has 0 saturated carbocycles. The zero-order valence-electron chi connectivity index (χ0n) is 11.6. The van der Waals surface area contributed by atoms with Gasteiger partial charge in [-0.25, -0.2) is 13.1 Å². The van der Waals surface area contributed by atoms with E-state index in [0.717, 1.165) is 16.5 Å². The van der Waals surface area contributed by atoms with Crippen LogP contribution in [0.25, 0.3) is 0 Å². The van der Waals surface area contributed by atoms with Crippen LogP contribution in [0.2, 0.25) is 0 Å². The van der Waals surface area contributed by atoms with Crippen LogP contribution in [0.5, 0.6) is 0 Å². The SMILES string of the molecule is CCCCS(=O)(=O)NCC(=O)Nc1ccc(C)c(Br)c1. The molecule has 112 valence electrons. The summed E-state index contributed by atoms with van der Waals surface area (Å²) in [4.78, 5) is 11.7. The third-order valence-corrected chi connectivity index (χ3v) is 4.94. The number of nitrogens with one attached hydrogen (secondary N) is 2. The van der Waals surface area contributed by atoms with E-state index in [-0.39, 0.29) is 18.2 Å². The van der Waals surface area contributed by atoms with Crippen molar-refractivity contribution in [3.8, 4) is 0 Å². The van der Waals surface area contributed by atoms with Crippen LogP contribution in [0.3, 0.4) is 0 Å². The minimum Gasteiger partial charge on any atom is -0.325 e. The Labute approximate surface area is 128 Å². The standard InChI is InChI=1S/C13H19BrN2O3S/c1-3-4-7-20(18,19)15-9-13(17)16-11-6-5-10(2)12(14)8-11/h5-6,8,15H,3-4,7,9H2,1-2H3,(H,16,17). The van der Waals surface area contributed by atoms with Crippen LogP contribution in [-0.2, 0) is 14.8 Å². The summed E-state index contributed by atoms with van der Waals surface area (Å²) in [6.07, 6.45) is 1.38. The van der Waals surface area contributed by atoms with Crippen LogP contribution in [0.15, 0.2) is 22.7 Å². The van der Waals surface area contributed by atoms with Crippen molar-refractivity contribution in [2.75, 3.05) is 17.6 Å². The van der Waals surface area contributed by atoms with E-state index in [0.29, 0.717) is 12.1 Å². The Morgan fingerprint density at radius 3 is 2.65 bits per heavy atom.